The lowest BCUT2D eigenvalue weighted by atomic mass is 10.2. The number of carbonyl (C=O) groups is 1. The molecule has 6 heteroatoms. The van der Waals surface area contributed by atoms with E-state index >= 15 is 0 Å². The molecule has 3 N–H and O–H groups in total. The Morgan fingerprint density at radius 3 is 2.93 bits per heavy atom. The van der Waals surface area contributed by atoms with Gasteiger partial charge in [-0.1, -0.05) is 12.1 Å². The second kappa shape index (κ2) is 5.45. The van der Waals surface area contributed by atoms with Crippen molar-refractivity contribution in [3.8, 4) is 0 Å². The molecular weight excluding hydrogens is 196 g/mol. The Hall–Kier alpha value is -1.43. The van der Waals surface area contributed by atoms with Gasteiger partial charge in [0.05, 0.1) is 0 Å². The van der Waals surface area contributed by atoms with Gasteiger partial charge in [-0.15, -0.1) is 0 Å². The third-order valence-electron chi connectivity index (χ3n) is 1.97. The Kier molecular flexibility index (Phi) is 4.23. The van der Waals surface area contributed by atoms with Crippen LogP contribution in [0.1, 0.15) is 36.8 Å². The average molecular weight is 212 g/mol. The van der Waals surface area contributed by atoms with E-state index in [9.17, 15) is 4.79 Å². The maximum absolute atomic E-state index is 11.3. The van der Waals surface area contributed by atoms with Gasteiger partial charge in [-0.05, 0) is 13.3 Å². The third-order valence-corrected chi connectivity index (χ3v) is 1.97. The number of hydrogen-bond donors (Lipinski definition) is 2. The van der Waals surface area contributed by atoms with Gasteiger partial charge in [0, 0.05) is 19.0 Å². The number of carbonyl (C=O) groups excluding carboxylic acids is 1. The molecule has 1 rings (SSSR count). The number of nitrogens with two attached hydrogens (primary N) is 1. The maximum Gasteiger partial charge on any atom is 0.292 e. The van der Waals surface area contributed by atoms with E-state index < -0.39 is 0 Å². The molecule has 1 atom stereocenters. The minimum Gasteiger partial charge on any atom is -0.349 e. The number of amides is 1. The van der Waals surface area contributed by atoms with E-state index in [4.69, 9.17) is 10.3 Å². The second-order valence-corrected chi connectivity index (χ2v) is 3.24. The van der Waals surface area contributed by atoms with Crippen molar-refractivity contribution in [3.05, 3.63) is 11.7 Å². The van der Waals surface area contributed by atoms with Crippen LogP contribution in [0, 0.1) is 0 Å². The summed E-state index contributed by atoms with van der Waals surface area (Å²) in [6.45, 7) is 4.34. The van der Waals surface area contributed by atoms with Gasteiger partial charge in [-0.25, -0.2) is 0 Å². The van der Waals surface area contributed by atoms with Crippen molar-refractivity contribution < 1.29 is 9.32 Å². The lowest BCUT2D eigenvalue weighted by Crippen LogP contribution is -2.24. The molecule has 1 unspecified atom stereocenters. The third kappa shape index (κ3) is 3.32. The molecule has 0 aliphatic heterocycles. The molecule has 0 aromatic carbocycles. The first-order valence-corrected chi connectivity index (χ1v) is 5.03. The van der Waals surface area contributed by atoms with Crippen LogP contribution >= 0.6 is 0 Å². The van der Waals surface area contributed by atoms with Crippen molar-refractivity contribution in [1.29, 1.82) is 0 Å². The summed E-state index contributed by atoms with van der Waals surface area (Å²) in [5.74, 6) is 0.151. The molecule has 0 aliphatic carbocycles. The van der Waals surface area contributed by atoms with Gasteiger partial charge in [0.2, 0.25) is 5.89 Å². The van der Waals surface area contributed by atoms with E-state index in [-0.39, 0.29) is 17.8 Å². The maximum atomic E-state index is 11.3. The van der Waals surface area contributed by atoms with Crippen LogP contribution < -0.4 is 11.1 Å². The number of rotatable bonds is 5. The monoisotopic (exact) mass is 212 g/mol. The molecule has 84 valence electrons. The predicted molar refractivity (Wildman–Crippen MR) is 54.3 cm³/mol. The molecule has 0 spiro atoms. The zero-order valence-electron chi connectivity index (χ0n) is 8.99. The van der Waals surface area contributed by atoms with Crippen LogP contribution in [-0.2, 0) is 6.42 Å². The van der Waals surface area contributed by atoms with Crippen LogP contribution in [0.25, 0.3) is 0 Å². The molecule has 0 bridgehead atoms. The topological polar surface area (TPSA) is 94.0 Å². The minimum atomic E-state index is -0.322. The minimum absolute atomic E-state index is 0.00691. The molecule has 1 amide bonds. The summed E-state index contributed by atoms with van der Waals surface area (Å²) >= 11 is 0. The largest absolute Gasteiger partial charge is 0.349 e. The van der Waals surface area contributed by atoms with Crippen molar-refractivity contribution in [3.63, 3.8) is 0 Å². The summed E-state index contributed by atoms with van der Waals surface area (Å²) in [7, 11) is 0. The SMILES string of the molecule is CCNC(=O)c1noc(CC(N)CC)n1. The number of aromatic nitrogens is 2. The van der Waals surface area contributed by atoms with Gasteiger partial charge in [0.1, 0.15) is 0 Å². The van der Waals surface area contributed by atoms with E-state index in [1.807, 2.05) is 13.8 Å². The first-order valence-electron chi connectivity index (χ1n) is 5.03. The van der Waals surface area contributed by atoms with Crippen molar-refractivity contribution in [1.82, 2.24) is 15.5 Å². The summed E-state index contributed by atoms with van der Waals surface area (Å²) in [4.78, 5) is 15.2. The first-order chi connectivity index (χ1) is 7.17. The average Bonchev–Trinajstić information content (AvgIpc) is 2.66. The van der Waals surface area contributed by atoms with E-state index in [1.165, 1.54) is 0 Å². The molecule has 0 radical (unpaired) electrons. The van der Waals surface area contributed by atoms with Gasteiger partial charge in [0.25, 0.3) is 11.7 Å². The van der Waals surface area contributed by atoms with Gasteiger partial charge in [-0.2, -0.15) is 4.98 Å². The molecule has 6 nitrogen and oxygen atoms in total. The number of nitrogens with one attached hydrogen (secondary N) is 1. The van der Waals surface area contributed by atoms with E-state index in [0.29, 0.717) is 18.9 Å². The van der Waals surface area contributed by atoms with Crippen molar-refractivity contribution in [2.75, 3.05) is 6.54 Å². The highest BCUT2D eigenvalue weighted by molar-refractivity contribution is 5.90. The highest BCUT2D eigenvalue weighted by Crippen LogP contribution is 2.02. The molecule has 1 aromatic rings. The fourth-order valence-corrected chi connectivity index (χ4v) is 1.04. The molecule has 0 saturated carbocycles. The molecular formula is C9H16N4O2. The molecule has 0 saturated heterocycles. The molecule has 15 heavy (non-hydrogen) atoms. The summed E-state index contributed by atoms with van der Waals surface area (Å²) in [6, 6.07) is -0.00691. The molecule has 0 fully saturated rings. The standard InChI is InChI=1S/C9H16N4O2/c1-3-6(10)5-7-12-8(13-15-7)9(14)11-4-2/h6H,3-5,10H2,1-2H3,(H,11,14). The zero-order valence-corrected chi connectivity index (χ0v) is 8.99. The van der Waals surface area contributed by atoms with Crippen LogP contribution in [0.15, 0.2) is 4.52 Å². The Bertz CT molecular complexity index is 324. The fourth-order valence-electron chi connectivity index (χ4n) is 1.04. The molecule has 1 heterocycles. The van der Waals surface area contributed by atoms with Crippen molar-refractivity contribution >= 4 is 5.91 Å². The van der Waals surface area contributed by atoms with Crippen molar-refractivity contribution in [2.24, 2.45) is 5.73 Å². The van der Waals surface area contributed by atoms with Gasteiger partial charge in [-0.3, -0.25) is 4.79 Å². The van der Waals surface area contributed by atoms with E-state index in [2.05, 4.69) is 15.5 Å². The van der Waals surface area contributed by atoms with Gasteiger partial charge in [0.15, 0.2) is 0 Å². The van der Waals surface area contributed by atoms with Crippen LogP contribution in [0.3, 0.4) is 0 Å². The Morgan fingerprint density at radius 1 is 1.60 bits per heavy atom. The highest BCUT2D eigenvalue weighted by atomic mass is 16.5. The zero-order chi connectivity index (χ0) is 11.3. The molecule has 0 aliphatic rings. The van der Waals surface area contributed by atoms with Crippen LogP contribution in [-0.4, -0.2) is 28.6 Å². The summed E-state index contributed by atoms with van der Waals surface area (Å²) in [5, 5.41) is 6.16. The Morgan fingerprint density at radius 2 is 2.33 bits per heavy atom. The lowest BCUT2D eigenvalue weighted by molar-refractivity contribution is 0.0942. The second-order valence-electron chi connectivity index (χ2n) is 3.24. The van der Waals surface area contributed by atoms with Crippen molar-refractivity contribution in [2.45, 2.75) is 32.7 Å². The summed E-state index contributed by atoms with van der Waals surface area (Å²) < 4.78 is 4.90. The molecule has 1 aromatic heterocycles. The van der Waals surface area contributed by atoms with Crippen LogP contribution in [0.5, 0.6) is 0 Å². The van der Waals surface area contributed by atoms with E-state index in [0.717, 1.165) is 6.42 Å². The Labute approximate surface area is 88.2 Å². The lowest BCUT2D eigenvalue weighted by Gasteiger charge is -2.02. The Balaban J connectivity index is 2.59. The smallest absolute Gasteiger partial charge is 0.292 e. The van der Waals surface area contributed by atoms with Crippen LogP contribution in [0.4, 0.5) is 0 Å². The highest BCUT2D eigenvalue weighted by Gasteiger charge is 2.14. The summed E-state index contributed by atoms with van der Waals surface area (Å²) in [5.41, 5.74) is 5.72. The fraction of sp³-hybridized carbons (Fsp3) is 0.667. The van der Waals surface area contributed by atoms with Gasteiger partial charge >= 0.3 is 0 Å². The quantitative estimate of drug-likeness (QED) is 0.721. The van der Waals surface area contributed by atoms with Crippen LogP contribution in [0.2, 0.25) is 0 Å². The normalized spacial score (nSPS) is 12.5. The van der Waals surface area contributed by atoms with Gasteiger partial charge < -0.3 is 15.6 Å². The first kappa shape index (κ1) is 11.6. The number of hydrogen-bond acceptors (Lipinski definition) is 5. The number of nitrogens with zero attached hydrogens (tertiary/aromatic N) is 2. The predicted octanol–water partition coefficient (Wildman–Crippen LogP) is 0.0991. The summed E-state index contributed by atoms with van der Waals surface area (Å²) in [6.07, 6.45) is 1.34. The van der Waals surface area contributed by atoms with E-state index in [1.54, 1.807) is 0 Å².